The third-order valence-corrected chi connectivity index (χ3v) is 8.62. The first-order chi connectivity index (χ1) is 18.9. The molecule has 10 heteroatoms. The van der Waals surface area contributed by atoms with Crippen LogP contribution in [0.1, 0.15) is 73.3 Å². The molecule has 3 fully saturated rings. The first-order valence-electron chi connectivity index (χ1n) is 13.9. The average Bonchev–Trinajstić information content (AvgIpc) is 3.37. The summed E-state index contributed by atoms with van der Waals surface area (Å²) in [6, 6.07) is 11.2. The Morgan fingerprint density at radius 1 is 0.925 bits per heavy atom. The fourth-order valence-corrected chi connectivity index (χ4v) is 6.39. The molecule has 1 spiro atoms. The van der Waals surface area contributed by atoms with Gasteiger partial charge in [-0.3, -0.25) is 0 Å². The van der Waals surface area contributed by atoms with Gasteiger partial charge in [-0.2, -0.15) is 26.3 Å². The van der Waals surface area contributed by atoms with E-state index in [-0.39, 0.29) is 29.1 Å². The molecule has 5 rings (SSSR count). The Labute approximate surface area is 230 Å². The predicted octanol–water partition coefficient (Wildman–Crippen LogP) is 7.59. The summed E-state index contributed by atoms with van der Waals surface area (Å²) < 4.78 is 99.1. The number of piperidine rings is 1. The second kappa shape index (κ2) is 11.6. The van der Waals surface area contributed by atoms with Gasteiger partial charge in [-0.25, -0.2) is 0 Å². The summed E-state index contributed by atoms with van der Waals surface area (Å²) in [7, 11) is 0. The minimum atomic E-state index is -4.93. The van der Waals surface area contributed by atoms with Crippen LogP contribution in [-0.2, 0) is 26.6 Å². The number of likely N-dealkylation sites (tertiary alicyclic amines) is 1. The van der Waals surface area contributed by atoms with Crippen LogP contribution in [0.2, 0.25) is 0 Å². The molecule has 220 valence electrons. The zero-order valence-electron chi connectivity index (χ0n) is 22.4. The standard InChI is InChI=1S/C30H35F6NO3/c1-20(23-16-24(29(31,32)33)18-25(17-23)30(34,35)36)40-27-26(21-6-3-2-4-7-21)22(8-15-38-27)19-37-12-10-28(11-13-37)9-5-14-39-28/h2-4,6-7,16-18,20,22,26-27H,5,8-15,19H2,1H3/t20-,22-,26+,27-/m1/s1. The summed E-state index contributed by atoms with van der Waals surface area (Å²) in [5.41, 5.74) is -1.94. The van der Waals surface area contributed by atoms with E-state index in [4.69, 9.17) is 14.2 Å². The van der Waals surface area contributed by atoms with Gasteiger partial charge in [0.05, 0.1) is 29.4 Å². The van der Waals surface area contributed by atoms with Crippen molar-refractivity contribution >= 4 is 0 Å². The van der Waals surface area contributed by atoms with Crippen LogP contribution in [0, 0.1) is 5.92 Å². The topological polar surface area (TPSA) is 30.9 Å². The highest BCUT2D eigenvalue weighted by molar-refractivity contribution is 5.35. The van der Waals surface area contributed by atoms with Gasteiger partial charge in [-0.1, -0.05) is 30.3 Å². The molecule has 2 aromatic rings. The molecule has 4 nitrogen and oxygen atoms in total. The molecular formula is C30H35F6NO3. The summed E-state index contributed by atoms with van der Waals surface area (Å²) in [6.07, 6.45) is -6.79. The van der Waals surface area contributed by atoms with E-state index in [1.165, 1.54) is 6.92 Å². The number of alkyl halides is 6. The second-order valence-corrected chi connectivity index (χ2v) is 11.3. The van der Waals surface area contributed by atoms with Crippen molar-refractivity contribution in [3.05, 3.63) is 70.8 Å². The zero-order chi connectivity index (χ0) is 28.5. The fourth-order valence-electron chi connectivity index (χ4n) is 6.39. The van der Waals surface area contributed by atoms with Gasteiger partial charge in [-0.15, -0.1) is 0 Å². The molecule has 0 radical (unpaired) electrons. The molecule has 4 atom stereocenters. The van der Waals surface area contributed by atoms with E-state index >= 15 is 0 Å². The van der Waals surface area contributed by atoms with E-state index in [0.717, 1.165) is 76.0 Å². The normalized spacial score (nSPS) is 26.7. The molecule has 40 heavy (non-hydrogen) atoms. The first-order valence-corrected chi connectivity index (χ1v) is 13.9. The van der Waals surface area contributed by atoms with E-state index in [1.54, 1.807) is 0 Å². The van der Waals surface area contributed by atoms with Crippen LogP contribution in [-0.4, -0.2) is 49.6 Å². The Balaban J connectivity index is 1.36. The minimum Gasteiger partial charge on any atom is -0.375 e. The maximum absolute atomic E-state index is 13.5. The van der Waals surface area contributed by atoms with Gasteiger partial charge in [-0.05, 0) is 74.3 Å². The monoisotopic (exact) mass is 571 g/mol. The number of benzene rings is 2. The van der Waals surface area contributed by atoms with E-state index < -0.39 is 35.9 Å². The minimum absolute atomic E-state index is 0.00626. The summed E-state index contributed by atoms with van der Waals surface area (Å²) in [4.78, 5) is 2.43. The predicted molar refractivity (Wildman–Crippen MR) is 137 cm³/mol. The lowest BCUT2D eigenvalue weighted by Gasteiger charge is -2.44. The van der Waals surface area contributed by atoms with Crippen LogP contribution in [0.5, 0.6) is 0 Å². The van der Waals surface area contributed by atoms with Gasteiger partial charge in [0.25, 0.3) is 0 Å². The lowest BCUT2D eigenvalue weighted by atomic mass is 9.80. The molecule has 3 aliphatic heterocycles. The van der Waals surface area contributed by atoms with Crippen molar-refractivity contribution in [2.75, 3.05) is 32.8 Å². The number of hydrogen-bond acceptors (Lipinski definition) is 4. The SMILES string of the molecule is C[C@@H](O[C@H]1OCC[C@H](CN2CCC3(CCCO3)CC2)[C@@H]1c1ccccc1)c1cc(C(F)(F)F)cc(C(F)(F)F)c1. The van der Waals surface area contributed by atoms with Gasteiger partial charge in [0.15, 0.2) is 6.29 Å². The van der Waals surface area contributed by atoms with Crippen molar-refractivity contribution in [2.24, 2.45) is 5.92 Å². The molecule has 0 N–H and O–H groups in total. The second-order valence-electron chi connectivity index (χ2n) is 11.3. The van der Waals surface area contributed by atoms with Gasteiger partial charge < -0.3 is 19.1 Å². The molecule has 2 aromatic carbocycles. The molecule has 3 aliphatic rings. The van der Waals surface area contributed by atoms with Gasteiger partial charge >= 0.3 is 12.4 Å². The van der Waals surface area contributed by atoms with Crippen molar-refractivity contribution in [1.29, 1.82) is 0 Å². The molecule has 0 amide bonds. The van der Waals surface area contributed by atoms with Crippen LogP contribution in [0.15, 0.2) is 48.5 Å². The van der Waals surface area contributed by atoms with Crippen LogP contribution in [0.25, 0.3) is 0 Å². The lowest BCUT2D eigenvalue weighted by Crippen LogP contribution is -2.48. The summed E-state index contributed by atoms with van der Waals surface area (Å²) >= 11 is 0. The summed E-state index contributed by atoms with van der Waals surface area (Å²) in [5.74, 6) is -0.0944. The number of halogens is 6. The quantitative estimate of drug-likeness (QED) is 0.334. The Hall–Kier alpha value is -2.14. The molecule has 0 saturated carbocycles. The Morgan fingerprint density at radius 3 is 2.15 bits per heavy atom. The van der Waals surface area contributed by atoms with E-state index in [9.17, 15) is 26.3 Å². The third kappa shape index (κ3) is 6.66. The summed E-state index contributed by atoms with van der Waals surface area (Å²) in [6.45, 7) is 5.33. The highest BCUT2D eigenvalue weighted by atomic mass is 19.4. The Kier molecular flexibility index (Phi) is 8.53. The fraction of sp³-hybridized carbons (Fsp3) is 0.600. The van der Waals surface area contributed by atoms with Crippen molar-refractivity contribution < 1.29 is 40.6 Å². The lowest BCUT2D eigenvalue weighted by molar-refractivity contribution is -0.211. The van der Waals surface area contributed by atoms with Crippen molar-refractivity contribution in [1.82, 2.24) is 4.90 Å². The van der Waals surface area contributed by atoms with Crippen molar-refractivity contribution in [3.63, 3.8) is 0 Å². The average molecular weight is 572 g/mol. The zero-order valence-corrected chi connectivity index (χ0v) is 22.4. The third-order valence-electron chi connectivity index (χ3n) is 8.62. The molecule has 3 saturated heterocycles. The molecule has 3 heterocycles. The van der Waals surface area contributed by atoms with E-state index in [1.807, 2.05) is 30.3 Å². The number of ether oxygens (including phenoxy) is 3. The Bertz CT molecular complexity index is 1090. The molecule has 0 unspecified atom stereocenters. The molecule has 0 aliphatic carbocycles. The van der Waals surface area contributed by atoms with Gasteiger partial charge in [0.1, 0.15) is 0 Å². The van der Waals surface area contributed by atoms with Gasteiger partial charge in [0, 0.05) is 32.2 Å². The largest absolute Gasteiger partial charge is 0.416 e. The maximum Gasteiger partial charge on any atom is 0.416 e. The number of nitrogens with zero attached hydrogens (tertiary/aromatic N) is 1. The van der Waals surface area contributed by atoms with Crippen LogP contribution >= 0.6 is 0 Å². The molecule has 0 aromatic heterocycles. The number of hydrogen-bond donors (Lipinski definition) is 0. The van der Waals surface area contributed by atoms with Gasteiger partial charge in [0.2, 0.25) is 0 Å². The van der Waals surface area contributed by atoms with Crippen molar-refractivity contribution in [2.45, 2.75) is 75.3 Å². The van der Waals surface area contributed by atoms with E-state index in [0.29, 0.717) is 6.61 Å². The summed E-state index contributed by atoms with van der Waals surface area (Å²) in [5, 5.41) is 0. The van der Waals surface area contributed by atoms with E-state index in [2.05, 4.69) is 4.90 Å². The molecule has 0 bridgehead atoms. The molecular weight excluding hydrogens is 536 g/mol. The maximum atomic E-state index is 13.5. The highest BCUT2D eigenvalue weighted by Crippen LogP contribution is 2.43. The number of rotatable bonds is 6. The van der Waals surface area contributed by atoms with Crippen LogP contribution in [0.4, 0.5) is 26.3 Å². The van der Waals surface area contributed by atoms with Crippen LogP contribution in [0.3, 0.4) is 0 Å². The first kappa shape index (κ1) is 29.4. The Morgan fingerprint density at radius 2 is 1.57 bits per heavy atom. The van der Waals surface area contributed by atoms with Crippen molar-refractivity contribution in [3.8, 4) is 0 Å². The smallest absolute Gasteiger partial charge is 0.375 e. The highest BCUT2D eigenvalue weighted by Gasteiger charge is 2.42. The van der Waals surface area contributed by atoms with Crippen LogP contribution < -0.4 is 0 Å².